The first kappa shape index (κ1) is 21.5. The van der Waals surface area contributed by atoms with Crippen LogP contribution in [0.3, 0.4) is 0 Å². The van der Waals surface area contributed by atoms with E-state index in [0.717, 1.165) is 53.1 Å². The number of aryl methyl sites for hydroxylation is 2. The van der Waals surface area contributed by atoms with Crippen LogP contribution in [0.5, 0.6) is 0 Å². The Kier molecular flexibility index (Phi) is 6.09. The van der Waals surface area contributed by atoms with E-state index in [1.165, 1.54) is 16.9 Å². The van der Waals surface area contributed by atoms with Crippen molar-refractivity contribution in [3.05, 3.63) is 34.7 Å². The van der Waals surface area contributed by atoms with Crippen LogP contribution in [-0.2, 0) is 16.0 Å². The molecule has 1 aromatic heterocycles. The number of hydrogen-bond acceptors (Lipinski definition) is 5. The second-order valence-corrected chi connectivity index (χ2v) is 9.59. The molecule has 1 spiro atoms. The molecule has 2 aromatic rings. The summed E-state index contributed by atoms with van der Waals surface area (Å²) < 4.78 is 0. The number of hydrogen-bond donors (Lipinski definition) is 2. The van der Waals surface area contributed by atoms with Crippen molar-refractivity contribution in [1.29, 1.82) is 0 Å². The van der Waals surface area contributed by atoms with Crippen molar-refractivity contribution in [2.24, 2.45) is 0 Å². The Morgan fingerprint density at radius 3 is 2.58 bits per heavy atom. The van der Waals surface area contributed by atoms with E-state index in [1.54, 1.807) is 0 Å². The van der Waals surface area contributed by atoms with Gasteiger partial charge in [-0.05, 0) is 31.7 Å². The van der Waals surface area contributed by atoms with Crippen LogP contribution in [0.2, 0.25) is 0 Å². The topological polar surface area (TPSA) is 91.4 Å². The van der Waals surface area contributed by atoms with Gasteiger partial charge in [0.15, 0.2) is 5.13 Å². The normalized spacial score (nSPS) is 17.8. The van der Waals surface area contributed by atoms with Crippen molar-refractivity contribution in [3.8, 4) is 11.3 Å². The fraction of sp³-hybridized carbons (Fsp3) is 0.478. The zero-order valence-electron chi connectivity index (χ0n) is 18.0. The third-order valence-electron chi connectivity index (χ3n) is 6.06. The smallest absolute Gasteiger partial charge is 0.323 e. The van der Waals surface area contributed by atoms with Gasteiger partial charge >= 0.3 is 6.03 Å². The molecule has 0 bridgehead atoms. The minimum atomic E-state index is -0.815. The molecule has 0 atom stereocenters. The maximum Gasteiger partial charge on any atom is 0.325 e. The Hall–Kier alpha value is -2.74. The van der Waals surface area contributed by atoms with E-state index >= 15 is 0 Å². The minimum absolute atomic E-state index is 0.282. The van der Waals surface area contributed by atoms with Gasteiger partial charge in [-0.3, -0.25) is 14.5 Å². The molecule has 0 radical (unpaired) electrons. The lowest BCUT2D eigenvalue weighted by Crippen LogP contribution is -2.48. The molecular formula is C23H28N4O3S. The molecule has 2 fully saturated rings. The summed E-state index contributed by atoms with van der Waals surface area (Å²) in [6.07, 6.45) is 6.31. The predicted octanol–water partition coefficient (Wildman–Crippen LogP) is 4.26. The molecule has 1 aromatic carbocycles. The first-order valence-electron chi connectivity index (χ1n) is 10.9. The van der Waals surface area contributed by atoms with Gasteiger partial charge in [0.2, 0.25) is 5.91 Å². The molecule has 1 aliphatic heterocycles. The number of aromatic nitrogens is 1. The van der Waals surface area contributed by atoms with E-state index in [1.807, 2.05) is 6.92 Å². The van der Waals surface area contributed by atoms with Crippen molar-refractivity contribution < 1.29 is 14.4 Å². The van der Waals surface area contributed by atoms with E-state index in [2.05, 4.69) is 46.8 Å². The second-order valence-electron chi connectivity index (χ2n) is 8.38. The molecule has 2 heterocycles. The maximum absolute atomic E-state index is 12.8. The van der Waals surface area contributed by atoms with Gasteiger partial charge in [0.25, 0.3) is 5.91 Å². The summed E-state index contributed by atoms with van der Waals surface area (Å²) in [5.41, 5.74) is 2.31. The average Bonchev–Trinajstić information content (AvgIpc) is 3.21. The van der Waals surface area contributed by atoms with Gasteiger partial charge in [-0.15, -0.1) is 11.3 Å². The van der Waals surface area contributed by atoms with Crippen molar-refractivity contribution in [1.82, 2.24) is 15.2 Å². The minimum Gasteiger partial charge on any atom is -0.323 e. The highest BCUT2D eigenvalue weighted by atomic mass is 32.1. The van der Waals surface area contributed by atoms with Gasteiger partial charge in [-0.25, -0.2) is 9.78 Å². The number of urea groups is 1. The molecule has 0 unspecified atom stereocenters. The van der Waals surface area contributed by atoms with Crippen LogP contribution in [0.4, 0.5) is 9.93 Å². The zero-order chi connectivity index (χ0) is 22.0. The molecule has 164 valence electrons. The summed E-state index contributed by atoms with van der Waals surface area (Å²) in [6, 6.07) is 7.83. The van der Waals surface area contributed by atoms with E-state index in [-0.39, 0.29) is 12.5 Å². The van der Waals surface area contributed by atoms with Crippen LogP contribution in [0, 0.1) is 6.92 Å². The number of carbonyl (C=O) groups is 3. The lowest BCUT2D eigenvalue weighted by atomic mass is 9.82. The third kappa shape index (κ3) is 4.35. The molecule has 1 saturated heterocycles. The summed E-state index contributed by atoms with van der Waals surface area (Å²) in [5, 5.41) is 6.06. The highest BCUT2D eigenvalue weighted by Gasteiger charge is 2.51. The van der Waals surface area contributed by atoms with Crippen LogP contribution >= 0.6 is 11.3 Å². The molecule has 1 saturated carbocycles. The first-order chi connectivity index (χ1) is 14.9. The van der Waals surface area contributed by atoms with Gasteiger partial charge in [-0.1, -0.05) is 56.9 Å². The largest absolute Gasteiger partial charge is 0.325 e. The summed E-state index contributed by atoms with van der Waals surface area (Å²) in [5.74, 6) is -0.703. The van der Waals surface area contributed by atoms with Gasteiger partial charge in [-0.2, -0.15) is 0 Å². The number of nitrogens with one attached hydrogen (secondary N) is 2. The van der Waals surface area contributed by atoms with E-state index < -0.39 is 17.5 Å². The predicted molar refractivity (Wildman–Crippen MR) is 121 cm³/mol. The Labute approximate surface area is 186 Å². The van der Waals surface area contributed by atoms with Crippen LogP contribution in [-0.4, -0.2) is 39.8 Å². The molecule has 8 heteroatoms. The number of anilines is 1. The van der Waals surface area contributed by atoms with Crippen molar-refractivity contribution >= 4 is 34.3 Å². The summed E-state index contributed by atoms with van der Waals surface area (Å²) in [7, 11) is 0. The van der Waals surface area contributed by atoms with Crippen LogP contribution < -0.4 is 10.6 Å². The van der Waals surface area contributed by atoms with E-state index in [9.17, 15) is 14.4 Å². The standard InChI is InChI=1S/C23H28N4O3S/c1-3-7-16-8-10-17(11-9-16)19-15(2)31-21(25-19)24-18(28)14-27-20(29)23(26-22(27)30)12-5-4-6-13-23/h8-11H,3-7,12-14H2,1-2H3,(H,26,30)(H,24,25,28). The molecule has 1 aliphatic carbocycles. The molecule has 31 heavy (non-hydrogen) atoms. The Morgan fingerprint density at radius 1 is 1.19 bits per heavy atom. The van der Waals surface area contributed by atoms with Gasteiger partial charge in [0.1, 0.15) is 12.1 Å². The van der Waals surface area contributed by atoms with Gasteiger partial charge in [0, 0.05) is 10.4 Å². The maximum atomic E-state index is 12.8. The number of imide groups is 1. The summed E-state index contributed by atoms with van der Waals surface area (Å²) in [6.45, 7) is 3.82. The molecule has 2 aliphatic rings. The first-order valence-corrected chi connectivity index (χ1v) is 11.7. The molecule has 2 N–H and O–H groups in total. The van der Waals surface area contributed by atoms with E-state index in [4.69, 9.17) is 0 Å². The van der Waals surface area contributed by atoms with Crippen molar-refractivity contribution in [3.63, 3.8) is 0 Å². The van der Waals surface area contributed by atoms with Crippen LogP contribution in [0.1, 0.15) is 55.9 Å². The fourth-order valence-electron chi connectivity index (χ4n) is 4.45. The summed E-state index contributed by atoms with van der Waals surface area (Å²) >= 11 is 1.39. The molecule has 4 rings (SSSR count). The average molecular weight is 441 g/mol. The fourth-order valence-corrected chi connectivity index (χ4v) is 5.30. The highest BCUT2D eigenvalue weighted by Crippen LogP contribution is 2.34. The number of benzene rings is 1. The third-order valence-corrected chi connectivity index (χ3v) is 6.95. The van der Waals surface area contributed by atoms with Crippen LogP contribution in [0.15, 0.2) is 24.3 Å². The molecule has 4 amide bonds. The molecule has 7 nitrogen and oxygen atoms in total. The van der Waals surface area contributed by atoms with E-state index in [0.29, 0.717) is 18.0 Å². The monoisotopic (exact) mass is 440 g/mol. The SMILES string of the molecule is CCCc1ccc(-c2nc(NC(=O)CN3C(=O)NC4(CCCCC4)C3=O)sc2C)cc1. The Morgan fingerprint density at radius 2 is 1.90 bits per heavy atom. The zero-order valence-corrected chi connectivity index (χ0v) is 18.8. The Bertz CT molecular complexity index is 993. The quantitative estimate of drug-likeness (QED) is 0.657. The van der Waals surface area contributed by atoms with Crippen molar-refractivity contribution in [2.45, 2.75) is 64.3 Å². The van der Waals surface area contributed by atoms with Crippen LogP contribution in [0.25, 0.3) is 11.3 Å². The Balaban J connectivity index is 1.42. The van der Waals surface area contributed by atoms with Gasteiger partial charge < -0.3 is 10.6 Å². The van der Waals surface area contributed by atoms with Crippen molar-refractivity contribution in [2.75, 3.05) is 11.9 Å². The lowest BCUT2D eigenvalue weighted by Gasteiger charge is -2.30. The lowest BCUT2D eigenvalue weighted by molar-refractivity contribution is -0.134. The summed E-state index contributed by atoms with van der Waals surface area (Å²) in [4.78, 5) is 44.4. The number of rotatable bonds is 6. The second kappa shape index (κ2) is 8.78. The number of amides is 4. The number of nitrogens with zero attached hydrogens (tertiary/aromatic N) is 2. The molecular weight excluding hydrogens is 412 g/mol. The highest BCUT2D eigenvalue weighted by molar-refractivity contribution is 7.16. The number of carbonyl (C=O) groups excluding carboxylic acids is 3. The number of thiazole rings is 1. The van der Waals surface area contributed by atoms with Gasteiger partial charge in [0.05, 0.1) is 5.69 Å².